The molecule has 0 aliphatic heterocycles. The van der Waals surface area contributed by atoms with Gasteiger partial charge in [0.2, 0.25) is 0 Å². The SMILES string of the molecule is C=C(CC(=O)O)C(=O)OCCCC[Si](C(C)C)(C(C)C)C(C)C. The molecule has 0 aromatic heterocycles. The Morgan fingerprint density at radius 3 is 1.87 bits per heavy atom. The normalized spacial score (nSPS) is 12.0. The van der Waals surface area contributed by atoms with Crippen molar-refractivity contribution in [1.82, 2.24) is 0 Å². The number of esters is 1. The Hall–Kier alpha value is -1.10. The topological polar surface area (TPSA) is 63.6 Å². The zero-order valence-electron chi connectivity index (χ0n) is 15.6. The van der Waals surface area contributed by atoms with Gasteiger partial charge in [-0.25, -0.2) is 4.79 Å². The molecule has 1 N–H and O–H groups in total. The minimum Gasteiger partial charge on any atom is -0.481 e. The lowest BCUT2D eigenvalue weighted by Gasteiger charge is -2.43. The highest BCUT2D eigenvalue weighted by Crippen LogP contribution is 2.45. The van der Waals surface area contributed by atoms with E-state index in [4.69, 9.17) is 9.84 Å². The minimum atomic E-state index is -1.38. The fraction of sp³-hybridized carbons (Fsp3) is 0.778. The van der Waals surface area contributed by atoms with Crippen LogP contribution >= 0.6 is 0 Å². The molecule has 0 heterocycles. The molecule has 0 radical (unpaired) electrons. The van der Waals surface area contributed by atoms with Gasteiger partial charge in [0.1, 0.15) is 0 Å². The molecule has 0 fully saturated rings. The van der Waals surface area contributed by atoms with E-state index in [1.54, 1.807) is 0 Å². The quantitative estimate of drug-likeness (QED) is 0.248. The van der Waals surface area contributed by atoms with Gasteiger partial charge in [-0.3, -0.25) is 4.79 Å². The van der Waals surface area contributed by atoms with E-state index in [9.17, 15) is 9.59 Å². The van der Waals surface area contributed by atoms with Crippen LogP contribution in [0.15, 0.2) is 12.2 Å². The van der Waals surface area contributed by atoms with Crippen molar-refractivity contribution in [3.8, 4) is 0 Å². The lowest BCUT2D eigenvalue weighted by molar-refractivity contribution is -0.142. The summed E-state index contributed by atoms with van der Waals surface area (Å²) in [6.45, 7) is 17.9. The van der Waals surface area contributed by atoms with E-state index >= 15 is 0 Å². The first-order valence-corrected chi connectivity index (χ1v) is 11.1. The smallest absolute Gasteiger partial charge is 0.333 e. The van der Waals surface area contributed by atoms with E-state index in [-0.39, 0.29) is 12.0 Å². The maximum atomic E-state index is 11.6. The molecule has 0 aromatic rings. The number of unbranched alkanes of at least 4 members (excludes halogenated alkanes) is 1. The lowest BCUT2D eigenvalue weighted by Crippen LogP contribution is -2.44. The van der Waals surface area contributed by atoms with Crippen LogP contribution < -0.4 is 0 Å². The Labute approximate surface area is 142 Å². The van der Waals surface area contributed by atoms with Gasteiger partial charge in [0.15, 0.2) is 0 Å². The molecule has 5 heteroatoms. The Morgan fingerprint density at radius 2 is 1.48 bits per heavy atom. The second-order valence-electron chi connectivity index (χ2n) is 7.34. The molecule has 0 saturated carbocycles. The van der Waals surface area contributed by atoms with Gasteiger partial charge >= 0.3 is 11.9 Å². The third-order valence-corrected chi connectivity index (χ3v) is 12.8. The average Bonchev–Trinajstić information content (AvgIpc) is 2.40. The summed E-state index contributed by atoms with van der Waals surface area (Å²) in [6.07, 6.45) is 1.52. The number of hydrogen-bond donors (Lipinski definition) is 1. The maximum absolute atomic E-state index is 11.6. The number of aliphatic carboxylic acids is 1. The molecule has 0 spiro atoms. The van der Waals surface area contributed by atoms with E-state index in [0.717, 1.165) is 29.5 Å². The number of ether oxygens (including phenoxy) is 1. The van der Waals surface area contributed by atoms with E-state index in [0.29, 0.717) is 6.61 Å². The highest BCUT2D eigenvalue weighted by atomic mass is 28.3. The maximum Gasteiger partial charge on any atom is 0.333 e. The molecule has 0 amide bonds. The molecule has 0 unspecified atom stereocenters. The van der Waals surface area contributed by atoms with E-state index in [1.165, 1.54) is 6.04 Å². The summed E-state index contributed by atoms with van der Waals surface area (Å²) in [5.41, 5.74) is 2.22. The van der Waals surface area contributed by atoms with Gasteiger partial charge in [-0.1, -0.05) is 77.2 Å². The number of carboxylic acid groups (broad SMARTS) is 1. The van der Waals surface area contributed by atoms with Crippen LogP contribution in [0.3, 0.4) is 0 Å². The summed E-state index contributed by atoms with van der Waals surface area (Å²) in [5, 5.41) is 8.62. The van der Waals surface area contributed by atoms with Crippen molar-refractivity contribution in [3.05, 3.63) is 12.2 Å². The van der Waals surface area contributed by atoms with Gasteiger partial charge in [-0.05, 0) is 6.42 Å². The Kier molecular flexibility index (Phi) is 9.43. The molecule has 4 nitrogen and oxygen atoms in total. The molecule has 0 aliphatic rings. The first kappa shape index (κ1) is 21.9. The first-order valence-electron chi connectivity index (χ1n) is 8.62. The fourth-order valence-corrected chi connectivity index (χ4v) is 10.5. The number of carbonyl (C=O) groups is 2. The van der Waals surface area contributed by atoms with Crippen LogP contribution in [0.4, 0.5) is 0 Å². The van der Waals surface area contributed by atoms with Gasteiger partial charge < -0.3 is 9.84 Å². The van der Waals surface area contributed by atoms with Gasteiger partial charge in [0, 0.05) is 5.57 Å². The number of carboxylic acids is 1. The van der Waals surface area contributed by atoms with Crippen LogP contribution in [0, 0.1) is 0 Å². The van der Waals surface area contributed by atoms with Gasteiger partial charge in [0.25, 0.3) is 0 Å². The second kappa shape index (κ2) is 9.91. The number of hydrogen-bond acceptors (Lipinski definition) is 3. The van der Waals surface area contributed by atoms with Crippen LogP contribution in [0.25, 0.3) is 0 Å². The zero-order chi connectivity index (χ0) is 18.2. The Bertz CT molecular complexity index is 391. The van der Waals surface area contributed by atoms with Crippen molar-refractivity contribution in [2.45, 2.75) is 83.5 Å². The Balaban J connectivity index is 4.35. The van der Waals surface area contributed by atoms with Crippen LogP contribution in [0.2, 0.25) is 22.7 Å². The standard InChI is InChI=1S/C18H34O4Si/c1-13(2)23(14(3)4,15(5)6)11-9-8-10-22-18(21)16(7)12-17(19)20/h13-15H,7-12H2,1-6H3,(H,19,20). The van der Waals surface area contributed by atoms with Crippen molar-refractivity contribution in [3.63, 3.8) is 0 Å². The van der Waals surface area contributed by atoms with Crippen molar-refractivity contribution >= 4 is 20.0 Å². The molecule has 0 aromatic carbocycles. The molecule has 0 rings (SSSR count). The van der Waals surface area contributed by atoms with Gasteiger partial charge in [0.05, 0.1) is 21.1 Å². The van der Waals surface area contributed by atoms with Crippen LogP contribution in [0.5, 0.6) is 0 Å². The van der Waals surface area contributed by atoms with Crippen LogP contribution in [-0.4, -0.2) is 31.7 Å². The molecule has 0 aliphatic carbocycles. The van der Waals surface area contributed by atoms with Crippen molar-refractivity contribution in [2.75, 3.05) is 6.61 Å². The molecule has 0 saturated heterocycles. The molecule has 0 atom stereocenters. The molecular formula is C18H34O4Si. The predicted octanol–water partition coefficient (Wildman–Crippen LogP) is 5.02. The molecule has 23 heavy (non-hydrogen) atoms. The Morgan fingerprint density at radius 1 is 1.00 bits per heavy atom. The van der Waals surface area contributed by atoms with Crippen molar-refractivity contribution in [2.24, 2.45) is 0 Å². The predicted molar refractivity (Wildman–Crippen MR) is 97.4 cm³/mol. The van der Waals surface area contributed by atoms with E-state index in [2.05, 4.69) is 48.1 Å². The number of carbonyl (C=O) groups excluding carboxylic acids is 1. The summed E-state index contributed by atoms with van der Waals surface area (Å²) in [6, 6.07) is 1.24. The molecule has 0 bridgehead atoms. The summed E-state index contributed by atoms with van der Waals surface area (Å²) in [7, 11) is -1.38. The van der Waals surface area contributed by atoms with Crippen molar-refractivity contribution < 1.29 is 19.4 Å². The average molecular weight is 343 g/mol. The highest BCUT2D eigenvalue weighted by molar-refractivity contribution is 6.83. The van der Waals surface area contributed by atoms with Gasteiger partial charge in [-0.15, -0.1) is 0 Å². The summed E-state index contributed by atoms with van der Waals surface area (Å²) in [4.78, 5) is 22.1. The highest BCUT2D eigenvalue weighted by Gasteiger charge is 2.41. The van der Waals surface area contributed by atoms with Crippen LogP contribution in [0.1, 0.15) is 60.8 Å². The third-order valence-electron chi connectivity index (χ3n) is 5.12. The zero-order valence-corrected chi connectivity index (χ0v) is 16.6. The van der Waals surface area contributed by atoms with E-state index < -0.39 is 20.0 Å². The third kappa shape index (κ3) is 6.49. The van der Waals surface area contributed by atoms with Gasteiger partial charge in [-0.2, -0.15) is 0 Å². The molecule has 134 valence electrons. The lowest BCUT2D eigenvalue weighted by atomic mass is 10.2. The number of rotatable bonds is 11. The summed E-state index contributed by atoms with van der Waals surface area (Å²) < 4.78 is 5.11. The molecular weight excluding hydrogens is 308 g/mol. The first-order chi connectivity index (χ1) is 10.6. The summed E-state index contributed by atoms with van der Waals surface area (Å²) >= 11 is 0. The second-order valence-corrected chi connectivity index (χ2v) is 13.5. The fourth-order valence-electron chi connectivity index (χ4n) is 3.92. The monoisotopic (exact) mass is 342 g/mol. The largest absolute Gasteiger partial charge is 0.481 e. The summed E-state index contributed by atoms with van der Waals surface area (Å²) in [5.74, 6) is -1.65. The van der Waals surface area contributed by atoms with Crippen LogP contribution in [-0.2, 0) is 14.3 Å². The minimum absolute atomic E-state index is 0.00719. The van der Waals surface area contributed by atoms with E-state index in [1.807, 2.05) is 0 Å². The van der Waals surface area contributed by atoms with Crippen molar-refractivity contribution in [1.29, 1.82) is 0 Å².